The van der Waals surface area contributed by atoms with Crippen molar-refractivity contribution < 1.29 is 13.9 Å². The van der Waals surface area contributed by atoms with E-state index in [0.717, 1.165) is 11.1 Å². The highest BCUT2D eigenvalue weighted by Crippen LogP contribution is 2.15. The van der Waals surface area contributed by atoms with E-state index >= 15 is 0 Å². The van der Waals surface area contributed by atoms with Gasteiger partial charge in [-0.1, -0.05) is 35.9 Å². The maximum absolute atomic E-state index is 13.6. The standard InChI is InChI=1S/C17H17ClFNO2/c1-2-22-11-13-5-3-12(4-6-13)10-20-17(21)15-9-14(18)7-8-16(15)19/h3-9H,2,10-11H2,1H3,(H,20,21). The number of hydrogen-bond acceptors (Lipinski definition) is 2. The Morgan fingerprint density at radius 3 is 2.55 bits per heavy atom. The van der Waals surface area contributed by atoms with E-state index in [1.807, 2.05) is 31.2 Å². The van der Waals surface area contributed by atoms with Crippen LogP contribution in [0.2, 0.25) is 5.02 Å². The second kappa shape index (κ2) is 7.92. The van der Waals surface area contributed by atoms with Crippen molar-refractivity contribution in [3.63, 3.8) is 0 Å². The van der Waals surface area contributed by atoms with Gasteiger partial charge in [0, 0.05) is 18.2 Å². The summed E-state index contributed by atoms with van der Waals surface area (Å²) in [5.74, 6) is -1.08. The molecule has 5 heteroatoms. The number of halogens is 2. The molecule has 3 nitrogen and oxygen atoms in total. The summed E-state index contributed by atoms with van der Waals surface area (Å²) in [5.41, 5.74) is 1.94. The summed E-state index contributed by atoms with van der Waals surface area (Å²) in [6.45, 7) is 3.50. The molecule has 2 rings (SSSR count). The highest BCUT2D eigenvalue weighted by molar-refractivity contribution is 6.30. The Morgan fingerprint density at radius 2 is 1.86 bits per heavy atom. The summed E-state index contributed by atoms with van der Waals surface area (Å²) in [5, 5.41) is 3.00. The number of nitrogens with one attached hydrogen (secondary N) is 1. The van der Waals surface area contributed by atoms with Crippen LogP contribution >= 0.6 is 11.6 Å². The molecule has 0 unspecified atom stereocenters. The Bertz CT molecular complexity index is 644. The number of amides is 1. The zero-order chi connectivity index (χ0) is 15.9. The Labute approximate surface area is 134 Å². The lowest BCUT2D eigenvalue weighted by atomic mass is 10.1. The monoisotopic (exact) mass is 321 g/mol. The summed E-state index contributed by atoms with van der Waals surface area (Å²) in [6.07, 6.45) is 0. The summed E-state index contributed by atoms with van der Waals surface area (Å²) in [7, 11) is 0. The van der Waals surface area contributed by atoms with Crippen molar-refractivity contribution in [1.29, 1.82) is 0 Å². The maximum atomic E-state index is 13.6. The number of carbonyl (C=O) groups excluding carboxylic acids is 1. The first-order valence-corrected chi connectivity index (χ1v) is 7.36. The minimum Gasteiger partial charge on any atom is -0.377 e. The SMILES string of the molecule is CCOCc1ccc(CNC(=O)c2cc(Cl)ccc2F)cc1. The highest BCUT2D eigenvalue weighted by atomic mass is 35.5. The van der Waals surface area contributed by atoms with Crippen molar-refractivity contribution in [2.24, 2.45) is 0 Å². The first kappa shape index (κ1) is 16.5. The molecule has 0 aliphatic rings. The molecule has 0 aliphatic carbocycles. The van der Waals surface area contributed by atoms with Gasteiger partial charge in [-0.05, 0) is 36.2 Å². The summed E-state index contributed by atoms with van der Waals surface area (Å²) < 4.78 is 18.9. The van der Waals surface area contributed by atoms with Crippen molar-refractivity contribution in [3.8, 4) is 0 Å². The zero-order valence-electron chi connectivity index (χ0n) is 12.2. The van der Waals surface area contributed by atoms with Crippen molar-refractivity contribution in [1.82, 2.24) is 5.32 Å². The maximum Gasteiger partial charge on any atom is 0.254 e. The molecule has 2 aromatic carbocycles. The van der Waals surface area contributed by atoms with Gasteiger partial charge in [-0.25, -0.2) is 4.39 Å². The van der Waals surface area contributed by atoms with Crippen molar-refractivity contribution in [3.05, 3.63) is 70.0 Å². The Hall–Kier alpha value is -1.91. The Balaban J connectivity index is 1.94. The molecule has 0 saturated carbocycles. The van der Waals surface area contributed by atoms with E-state index in [1.165, 1.54) is 18.2 Å². The van der Waals surface area contributed by atoms with Crippen LogP contribution in [0.3, 0.4) is 0 Å². The largest absolute Gasteiger partial charge is 0.377 e. The van der Waals surface area contributed by atoms with Gasteiger partial charge in [-0.2, -0.15) is 0 Å². The minimum absolute atomic E-state index is 0.0551. The van der Waals surface area contributed by atoms with Crippen LogP contribution in [0.15, 0.2) is 42.5 Å². The molecular weight excluding hydrogens is 305 g/mol. The summed E-state index contributed by atoms with van der Waals surface area (Å²) in [4.78, 5) is 12.0. The van der Waals surface area contributed by atoms with Gasteiger partial charge in [-0.3, -0.25) is 4.79 Å². The second-order valence-electron chi connectivity index (χ2n) is 4.76. The molecule has 1 N–H and O–H groups in total. The van der Waals surface area contributed by atoms with E-state index < -0.39 is 11.7 Å². The van der Waals surface area contributed by atoms with E-state index in [-0.39, 0.29) is 5.56 Å². The van der Waals surface area contributed by atoms with Crippen molar-refractivity contribution >= 4 is 17.5 Å². The molecule has 22 heavy (non-hydrogen) atoms. The predicted octanol–water partition coefficient (Wildman–Crippen LogP) is 3.95. The molecule has 0 aliphatic heterocycles. The van der Waals surface area contributed by atoms with Gasteiger partial charge in [0.05, 0.1) is 12.2 Å². The van der Waals surface area contributed by atoms with Crippen LogP contribution in [-0.4, -0.2) is 12.5 Å². The van der Waals surface area contributed by atoms with Gasteiger partial charge in [0.25, 0.3) is 5.91 Å². The quantitative estimate of drug-likeness (QED) is 0.875. The van der Waals surface area contributed by atoms with E-state index in [9.17, 15) is 9.18 Å². The molecule has 0 spiro atoms. The first-order valence-electron chi connectivity index (χ1n) is 6.99. The topological polar surface area (TPSA) is 38.3 Å². The number of ether oxygens (including phenoxy) is 1. The predicted molar refractivity (Wildman–Crippen MR) is 84.4 cm³/mol. The lowest BCUT2D eigenvalue weighted by Crippen LogP contribution is -2.23. The van der Waals surface area contributed by atoms with Crippen LogP contribution in [0.25, 0.3) is 0 Å². The highest BCUT2D eigenvalue weighted by Gasteiger charge is 2.11. The van der Waals surface area contributed by atoms with Crippen molar-refractivity contribution in [2.45, 2.75) is 20.1 Å². The molecule has 2 aromatic rings. The van der Waals surface area contributed by atoms with Gasteiger partial charge in [0.15, 0.2) is 0 Å². The number of hydrogen-bond donors (Lipinski definition) is 1. The molecule has 1 amide bonds. The minimum atomic E-state index is -0.589. The van der Waals surface area contributed by atoms with Crippen LogP contribution in [0.1, 0.15) is 28.4 Å². The fraction of sp³-hybridized carbons (Fsp3) is 0.235. The lowest BCUT2D eigenvalue weighted by molar-refractivity contribution is 0.0947. The molecule has 0 bridgehead atoms. The molecule has 0 heterocycles. The lowest BCUT2D eigenvalue weighted by Gasteiger charge is -2.08. The van der Waals surface area contributed by atoms with Crippen LogP contribution < -0.4 is 5.32 Å². The molecule has 0 saturated heterocycles. The summed E-state index contributed by atoms with van der Waals surface area (Å²) >= 11 is 5.78. The molecule has 0 atom stereocenters. The third-order valence-electron chi connectivity index (χ3n) is 3.12. The van der Waals surface area contributed by atoms with Gasteiger partial charge >= 0.3 is 0 Å². The van der Waals surface area contributed by atoms with Crippen LogP contribution in [0.5, 0.6) is 0 Å². The fourth-order valence-electron chi connectivity index (χ4n) is 1.92. The summed E-state index contributed by atoms with van der Waals surface area (Å²) in [6, 6.07) is 11.6. The third-order valence-corrected chi connectivity index (χ3v) is 3.36. The van der Waals surface area contributed by atoms with E-state index in [2.05, 4.69) is 5.32 Å². The smallest absolute Gasteiger partial charge is 0.254 e. The van der Waals surface area contributed by atoms with Crippen LogP contribution in [0.4, 0.5) is 4.39 Å². The van der Waals surface area contributed by atoms with Crippen molar-refractivity contribution in [2.75, 3.05) is 6.61 Å². The zero-order valence-corrected chi connectivity index (χ0v) is 13.0. The number of benzene rings is 2. The number of carbonyl (C=O) groups is 1. The van der Waals surface area contributed by atoms with Crippen LogP contribution in [-0.2, 0) is 17.9 Å². The van der Waals surface area contributed by atoms with E-state index in [1.54, 1.807) is 0 Å². The van der Waals surface area contributed by atoms with Crippen LogP contribution in [0, 0.1) is 5.82 Å². The van der Waals surface area contributed by atoms with Gasteiger partial charge in [-0.15, -0.1) is 0 Å². The fourth-order valence-corrected chi connectivity index (χ4v) is 2.09. The average molecular weight is 322 g/mol. The number of rotatable bonds is 6. The molecule has 0 fully saturated rings. The van der Waals surface area contributed by atoms with Gasteiger partial charge < -0.3 is 10.1 Å². The Kier molecular flexibility index (Phi) is 5.92. The normalized spacial score (nSPS) is 10.5. The molecule has 0 aromatic heterocycles. The van der Waals surface area contributed by atoms with E-state index in [4.69, 9.17) is 16.3 Å². The second-order valence-corrected chi connectivity index (χ2v) is 5.20. The van der Waals surface area contributed by atoms with Gasteiger partial charge in [0.2, 0.25) is 0 Å². The van der Waals surface area contributed by atoms with E-state index in [0.29, 0.717) is 24.8 Å². The average Bonchev–Trinajstić information content (AvgIpc) is 2.54. The molecular formula is C17H17ClFNO2. The third kappa shape index (κ3) is 4.55. The molecule has 116 valence electrons. The van der Waals surface area contributed by atoms with Gasteiger partial charge in [0.1, 0.15) is 5.82 Å². The molecule has 0 radical (unpaired) electrons. The first-order chi connectivity index (χ1) is 10.6. The Morgan fingerprint density at radius 1 is 1.18 bits per heavy atom.